The van der Waals surface area contributed by atoms with Gasteiger partial charge in [-0.2, -0.15) is 14.6 Å². The molecule has 1 aromatic carbocycles. The molecule has 0 atom stereocenters. The predicted molar refractivity (Wildman–Crippen MR) is 82.5 cm³/mol. The van der Waals surface area contributed by atoms with Crippen molar-refractivity contribution < 1.29 is 4.92 Å². The van der Waals surface area contributed by atoms with Gasteiger partial charge in [-0.05, 0) is 17.7 Å². The lowest BCUT2D eigenvalue weighted by Crippen LogP contribution is -2.20. The van der Waals surface area contributed by atoms with Gasteiger partial charge in [0.05, 0.1) is 4.92 Å². The van der Waals surface area contributed by atoms with Crippen LogP contribution in [0.3, 0.4) is 0 Å². The van der Waals surface area contributed by atoms with Crippen molar-refractivity contribution in [2.24, 2.45) is 0 Å². The van der Waals surface area contributed by atoms with E-state index in [1.54, 1.807) is 12.1 Å². The van der Waals surface area contributed by atoms with Crippen LogP contribution in [0.4, 0.5) is 11.5 Å². The summed E-state index contributed by atoms with van der Waals surface area (Å²) in [6.07, 6.45) is 0.457. The van der Waals surface area contributed by atoms with Crippen LogP contribution in [0.25, 0.3) is 4.96 Å². The lowest BCUT2D eigenvalue weighted by atomic mass is 10.2. The number of aromatic nitrogens is 3. The number of nitro groups is 1. The SMILES string of the molecule is Nc1nc2sc(Cc3ccc(Cl)cc3)nn2c(=O)c1[N+](=O)[O-]. The first kappa shape index (κ1) is 14.4. The van der Waals surface area contributed by atoms with E-state index in [1.807, 2.05) is 12.1 Å². The molecule has 0 spiro atoms. The smallest absolute Gasteiger partial charge is 0.377 e. The van der Waals surface area contributed by atoms with Crippen molar-refractivity contribution >= 4 is 39.4 Å². The van der Waals surface area contributed by atoms with Gasteiger partial charge in [0.15, 0.2) is 0 Å². The fraction of sp³-hybridized carbons (Fsp3) is 0.0833. The Morgan fingerprint density at radius 2 is 2.05 bits per heavy atom. The number of anilines is 1. The summed E-state index contributed by atoms with van der Waals surface area (Å²) >= 11 is 6.97. The van der Waals surface area contributed by atoms with E-state index in [9.17, 15) is 14.9 Å². The summed E-state index contributed by atoms with van der Waals surface area (Å²) < 4.78 is 0.907. The van der Waals surface area contributed by atoms with Crippen LogP contribution in [-0.2, 0) is 6.42 Å². The van der Waals surface area contributed by atoms with Gasteiger partial charge in [-0.3, -0.25) is 14.9 Å². The summed E-state index contributed by atoms with van der Waals surface area (Å²) in [7, 11) is 0. The summed E-state index contributed by atoms with van der Waals surface area (Å²) in [4.78, 5) is 26.1. The zero-order valence-electron chi connectivity index (χ0n) is 10.9. The molecule has 0 radical (unpaired) electrons. The van der Waals surface area contributed by atoms with E-state index in [0.29, 0.717) is 16.5 Å². The van der Waals surface area contributed by atoms with Crippen LogP contribution in [0.2, 0.25) is 5.02 Å². The van der Waals surface area contributed by atoms with Crippen LogP contribution in [0.5, 0.6) is 0 Å². The van der Waals surface area contributed by atoms with Crippen molar-refractivity contribution in [1.29, 1.82) is 0 Å². The van der Waals surface area contributed by atoms with E-state index >= 15 is 0 Å². The molecule has 22 heavy (non-hydrogen) atoms. The molecule has 0 amide bonds. The van der Waals surface area contributed by atoms with Gasteiger partial charge in [-0.15, -0.1) is 0 Å². The number of fused-ring (bicyclic) bond motifs is 1. The van der Waals surface area contributed by atoms with Crippen molar-refractivity contribution in [3.63, 3.8) is 0 Å². The lowest BCUT2D eigenvalue weighted by Gasteiger charge is -1.96. The molecular formula is C12H8ClN5O3S. The molecule has 0 saturated heterocycles. The van der Waals surface area contributed by atoms with Gasteiger partial charge in [0.1, 0.15) is 5.01 Å². The fourth-order valence-electron chi connectivity index (χ4n) is 1.91. The zero-order chi connectivity index (χ0) is 15.9. The summed E-state index contributed by atoms with van der Waals surface area (Å²) in [5.41, 5.74) is 4.76. The Balaban J connectivity index is 2.06. The van der Waals surface area contributed by atoms with E-state index in [0.717, 1.165) is 21.4 Å². The average Bonchev–Trinajstić information content (AvgIpc) is 2.83. The second kappa shape index (κ2) is 5.35. The Morgan fingerprint density at radius 1 is 1.36 bits per heavy atom. The van der Waals surface area contributed by atoms with Gasteiger partial charge in [0, 0.05) is 11.4 Å². The number of benzene rings is 1. The fourth-order valence-corrected chi connectivity index (χ4v) is 2.96. The summed E-state index contributed by atoms with van der Waals surface area (Å²) in [6, 6.07) is 7.16. The standard InChI is InChI=1S/C12H8ClN5O3S/c13-7-3-1-6(2-4-7)5-8-16-17-11(19)9(18(20)21)10(14)15-12(17)22-8/h1-4H,5,14H2. The van der Waals surface area contributed by atoms with Crippen LogP contribution in [0, 0.1) is 10.1 Å². The van der Waals surface area contributed by atoms with E-state index in [1.165, 1.54) is 0 Å². The second-order valence-electron chi connectivity index (χ2n) is 4.40. The van der Waals surface area contributed by atoms with Gasteiger partial charge in [-0.1, -0.05) is 35.1 Å². The van der Waals surface area contributed by atoms with E-state index in [2.05, 4.69) is 10.1 Å². The third kappa shape index (κ3) is 2.51. The highest BCUT2D eigenvalue weighted by atomic mass is 35.5. The number of hydrogen-bond acceptors (Lipinski definition) is 7. The predicted octanol–water partition coefficient (Wildman–Crippen LogP) is 1.89. The average molecular weight is 338 g/mol. The normalized spacial score (nSPS) is 11.0. The van der Waals surface area contributed by atoms with Crippen LogP contribution < -0.4 is 11.3 Å². The molecule has 8 nitrogen and oxygen atoms in total. The number of halogens is 1. The molecule has 0 bridgehead atoms. The zero-order valence-corrected chi connectivity index (χ0v) is 12.5. The molecule has 0 aliphatic rings. The molecule has 2 N–H and O–H groups in total. The number of hydrogen-bond donors (Lipinski definition) is 1. The maximum atomic E-state index is 12.0. The quantitative estimate of drug-likeness (QED) is 0.576. The Labute approximate surface area is 131 Å². The summed E-state index contributed by atoms with van der Waals surface area (Å²) in [6.45, 7) is 0. The van der Waals surface area contributed by atoms with Crippen LogP contribution in [0.1, 0.15) is 10.6 Å². The molecule has 0 fully saturated rings. The molecule has 0 saturated carbocycles. The van der Waals surface area contributed by atoms with Crippen molar-refractivity contribution in [1.82, 2.24) is 14.6 Å². The van der Waals surface area contributed by atoms with Gasteiger partial charge in [0.25, 0.3) is 0 Å². The molecule has 3 aromatic rings. The number of nitrogens with zero attached hydrogens (tertiary/aromatic N) is 4. The van der Waals surface area contributed by atoms with Crippen molar-refractivity contribution in [3.8, 4) is 0 Å². The molecule has 10 heteroatoms. The topological polar surface area (TPSA) is 116 Å². The Bertz CT molecular complexity index is 934. The van der Waals surface area contributed by atoms with Gasteiger partial charge in [-0.25, -0.2) is 0 Å². The number of nitrogen functional groups attached to an aromatic ring is 1. The molecule has 2 aromatic heterocycles. The minimum absolute atomic E-state index is 0.220. The minimum Gasteiger partial charge on any atom is -0.378 e. The first-order valence-electron chi connectivity index (χ1n) is 6.03. The first-order chi connectivity index (χ1) is 10.5. The molecule has 0 unspecified atom stereocenters. The number of rotatable bonds is 3. The second-order valence-corrected chi connectivity index (χ2v) is 5.88. The van der Waals surface area contributed by atoms with E-state index < -0.39 is 22.0 Å². The number of nitrogens with two attached hydrogens (primary N) is 1. The van der Waals surface area contributed by atoms with Gasteiger partial charge < -0.3 is 5.73 Å². The van der Waals surface area contributed by atoms with Crippen LogP contribution in [-0.4, -0.2) is 19.5 Å². The Morgan fingerprint density at radius 3 is 2.68 bits per heavy atom. The molecule has 0 aliphatic carbocycles. The van der Waals surface area contributed by atoms with E-state index in [4.69, 9.17) is 17.3 Å². The molecule has 2 heterocycles. The monoisotopic (exact) mass is 337 g/mol. The highest BCUT2D eigenvalue weighted by Crippen LogP contribution is 2.20. The van der Waals surface area contributed by atoms with Gasteiger partial charge >= 0.3 is 11.2 Å². The van der Waals surface area contributed by atoms with Gasteiger partial charge in [0.2, 0.25) is 10.8 Å². The maximum Gasteiger partial charge on any atom is 0.377 e. The minimum atomic E-state index is -0.883. The Kier molecular flexibility index (Phi) is 3.51. The van der Waals surface area contributed by atoms with Crippen molar-refractivity contribution in [2.75, 3.05) is 5.73 Å². The molecule has 0 aliphatic heterocycles. The third-order valence-electron chi connectivity index (χ3n) is 2.91. The van der Waals surface area contributed by atoms with Crippen LogP contribution in [0.15, 0.2) is 29.1 Å². The highest BCUT2D eigenvalue weighted by molar-refractivity contribution is 7.16. The Hall–Kier alpha value is -2.52. The molecule has 3 rings (SSSR count). The lowest BCUT2D eigenvalue weighted by molar-refractivity contribution is -0.385. The van der Waals surface area contributed by atoms with E-state index in [-0.39, 0.29) is 4.96 Å². The summed E-state index contributed by atoms with van der Waals surface area (Å²) in [5.74, 6) is -0.406. The van der Waals surface area contributed by atoms with Crippen LogP contribution >= 0.6 is 22.9 Å². The third-order valence-corrected chi connectivity index (χ3v) is 4.07. The first-order valence-corrected chi connectivity index (χ1v) is 7.22. The summed E-state index contributed by atoms with van der Waals surface area (Å²) in [5, 5.41) is 16.1. The largest absolute Gasteiger partial charge is 0.378 e. The highest BCUT2D eigenvalue weighted by Gasteiger charge is 2.23. The van der Waals surface area contributed by atoms with Crippen molar-refractivity contribution in [2.45, 2.75) is 6.42 Å². The van der Waals surface area contributed by atoms with Crippen molar-refractivity contribution in [3.05, 3.63) is 60.3 Å². The molecular weight excluding hydrogens is 330 g/mol. The maximum absolute atomic E-state index is 12.0. The molecule has 112 valence electrons.